The van der Waals surface area contributed by atoms with Crippen molar-refractivity contribution in [2.24, 2.45) is 11.0 Å². The van der Waals surface area contributed by atoms with Crippen LogP contribution >= 0.6 is 0 Å². The highest BCUT2D eigenvalue weighted by Crippen LogP contribution is 2.14. The molecule has 5 heteroatoms. The molecular formula is C19H36N2O3. The average molecular weight is 341 g/mol. The predicted octanol–water partition coefficient (Wildman–Crippen LogP) is 5.58. The van der Waals surface area contributed by atoms with Crippen molar-refractivity contribution < 1.29 is 14.4 Å². The summed E-state index contributed by atoms with van der Waals surface area (Å²) in [5.41, 5.74) is 0. The largest absolute Gasteiger partial charge is 0.595 e. The van der Waals surface area contributed by atoms with Crippen molar-refractivity contribution in [3.63, 3.8) is 0 Å². The Kier molecular flexibility index (Phi) is 14.3. The van der Waals surface area contributed by atoms with Crippen LogP contribution in [0.3, 0.4) is 0 Å². The van der Waals surface area contributed by atoms with Crippen molar-refractivity contribution in [1.29, 1.82) is 0 Å². The summed E-state index contributed by atoms with van der Waals surface area (Å²) in [6, 6.07) is -0.766. The number of methoxy groups -OCH3 is 1. The minimum absolute atomic E-state index is 0.443. The molecule has 1 unspecified atom stereocenters. The van der Waals surface area contributed by atoms with Crippen molar-refractivity contribution in [3.05, 3.63) is 17.5 Å². The molecule has 0 heterocycles. The lowest BCUT2D eigenvalue weighted by molar-refractivity contribution is -0.461. The van der Waals surface area contributed by atoms with Crippen LogP contribution in [0.5, 0.6) is 0 Å². The van der Waals surface area contributed by atoms with Crippen LogP contribution in [-0.4, -0.2) is 24.0 Å². The first-order valence-corrected chi connectivity index (χ1v) is 9.42. The highest BCUT2D eigenvalue weighted by Gasteiger charge is 2.14. The standard InChI is InChI=1S/C19H36N2O3/c1-5-17(2)15-13-11-9-7-6-8-10-12-14-16-21(23)20-18(3)19(22)24-4/h14,16-18H,5-13,15H2,1-4H3/b16-14-,21-20?/t17?,18-/m0/s1. The number of hydroxylamine groups is 1. The summed E-state index contributed by atoms with van der Waals surface area (Å²) in [5, 5.41) is 15.1. The molecule has 0 rings (SSSR count). The van der Waals surface area contributed by atoms with E-state index in [4.69, 9.17) is 0 Å². The van der Waals surface area contributed by atoms with E-state index in [2.05, 4.69) is 23.7 Å². The van der Waals surface area contributed by atoms with Crippen molar-refractivity contribution >= 4 is 5.97 Å². The van der Waals surface area contributed by atoms with Gasteiger partial charge in [0.2, 0.25) is 12.2 Å². The fourth-order valence-electron chi connectivity index (χ4n) is 2.43. The lowest BCUT2D eigenvalue weighted by Gasteiger charge is -2.07. The van der Waals surface area contributed by atoms with Gasteiger partial charge in [0.25, 0.3) is 0 Å². The van der Waals surface area contributed by atoms with E-state index in [-0.39, 0.29) is 0 Å². The molecule has 0 aromatic rings. The van der Waals surface area contributed by atoms with Gasteiger partial charge < -0.3 is 9.94 Å². The zero-order chi connectivity index (χ0) is 18.2. The van der Waals surface area contributed by atoms with E-state index in [0.29, 0.717) is 4.86 Å². The predicted molar refractivity (Wildman–Crippen MR) is 97.7 cm³/mol. The molecule has 0 amide bonds. The second kappa shape index (κ2) is 15.2. The molecule has 140 valence electrons. The Morgan fingerprint density at radius 1 is 1.12 bits per heavy atom. The van der Waals surface area contributed by atoms with Gasteiger partial charge in [-0.05, 0) is 36.9 Å². The summed E-state index contributed by atoms with van der Waals surface area (Å²) in [5.74, 6) is 0.369. The maximum absolute atomic E-state index is 11.4. The molecule has 0 N–H and O–H groups in total. The summed E-state index contributed by atoms with van der Waals surface area (Å²) in [7, 11) is 1.28. The summed E-state index contributed by atoms with van der Waals surface area (Å²) < 4.78 is 4.51. The van der Waals surface area contributed by atoms with Gasteiger partial charge in [0.05, 0.1) is 7.11 Å². The molecule has 0 aliphatic heterocycles. The Morgan fingerprint density at radius 2 is 1.71 bits per heavy atom. The number of ether oxygens (including phenoxy) is 1. The number of nitrogens with zero attached hydrogens (tertiary/aromatic N) is 2. The van der Waals surface area contributed by atoms with Crippen molar-refractivity contribution in [3.8, 4) is 0 Å². The van der Waals surface area contributed by atoms with Crippen LogP contribution in [0, 0.1) is 11.1 Å². The van der Waals surface area contributed by atoms with Crippen LogP contribution in [0.15, 0.2) is 17.4 Å². The fraction of sp³-hybridized carbons (Fsp3) is 0.842. The summed E-state index contributed by atoms with van der Waals surface area (Å²) in [6.45, 7) is 6.13. The first-order valence-electron chi connectivity index (χ1n) is 9.42. The Morgan fingerprint density at radius 3 is 2.29 bits per heavy atom. The van der Waals surface area contributed by atoms with Gasteiger partial charge in [0, 0.05) is 0 Å². The molecule has 0 aliphatic carbocycles. The van der Waals surface area contributed by atoms with E-state index < -0.39 is 12.0 Å². The van der Waals surface area contributed by atoms with Crippen molar-refractivity contribution in [1.82, 2.24) is 0 Å². The number of hydrogen-bond acceptors (Lipinski definition) is 4. The lowest BCUT2D eigenvalue weighted by Crippen LogP contribution is -2.17. The zero-order valence-corrected chi connectivity index (χ0v) is 16.0. The van der Waals surface area contributed by atoms with E-state index in [9.17, 15) is 10.0 Å². The Balaban J connectivity index is 3.55. The van der Waals surface area contributed by atoms with Crippen molar-refractivity contribution in [2.75, 3.05) is 7.11 Å². The van der Waals surface area contributed by atoms with Gasteiger partial charge in [0.15, 0.2) is 0 Å². The van der Waals surface area contributed by atoms with Gasteiger partial charge in [0.1, 0.15) is 0 Å². The Labute approximate surface area is 147 Å². The highest BCUT2D eigenvalue weighted by atomic mass is 16.5. The van der Waals surface area contributed by atoms with Crippen LogP contribution < -0.4 is 0 Å². The average Bonchev–Trinajstić information content (AvgIpc) is 2.58. The lowest BCUT2D eigenvalue weighted by atomic mass is 10.00. The minimum atomic E-state index is -0.766. The second-order valence-electron chi connectivity index (χ2n) is 6.57. The van der Waals surface area contributed by atoms with Gasteiger partial charge in [-0.2, -0.15) is 0 Å². The second-order valence-corrected chi connectivity index (χ2v) is 6.57. The number of hydrogen-bond donors (Lipinski definition) is 0. The van der Waals surface area contributed by atoms with Gasteiger partial charge in [-0.25, -0.2) is 4.79 Å². The third-order valence-corrected chi connectivity index (χ3v) is 4.33. The topological polar surface area (TPSA) is 64.7 Å². The molecule has 0 spiro atoms. The molecule has 0 fully saturated rings. The molecule has 0 saturated heterocycles. The third-order valence-electron chi connectivity index (χ3n) is 4.33. The number of unbranched alkanes of at least 4 members (excludes halogenated alkanes) is 7. The van der Waals surface area contributed by atoms with E-state index >= 15 is 0 Å². The molecule has 24 heavy (non-hydrogen) atoms. The Bertz CT molecular complexity index is 381. The molecule has 0 aromatic carbocycles. The summed E-state index contributed by atoms with van der Waals surface area (Å²) in [6.07, 6.45) is 15.6. The first kappa shape index (κ1) is 22.6. The number of carbonyl (C=O) groups is 1. The van der Waals surface area contributed by atoms with Gasteiger partial charge in [-0.3, -0.25) is 0 Å². The molecule has 0 saturated carbocycles. The van der Waals surface area contributed by atoms with E-state index in [0.717, 1.165) is 18.8 Å². The maximum atomic E-state index is 11.4. The monoisotopic (exact) mass is 340 g/mol. The molecule has 0 aliphatic rings. The number of allylic oxidation sites excluding steroid dienone is 1. The number of rotatable bonds is 14. The molecule has 0 aromatic heterocycles. The first-order chi connectivity index (χ1) is 11.5. The SMILES string of the molecule is CCC(C)CCCCCCCCC/C=C\[N+]([O-])=N[C@@H](C)C(=O)OC. The van der Waals surface area contributed by atoms with Crippen molar-refractivity contribution in [2.45, 2.75) is 91.0 Å². The Hall–Kier alpha value is -1.39. The fourth-order valence-corrected chi connectivity index (χ4v) is 2.43. The quantitative estimate of drug-likeness (QED) is 0.136. The van der Waals surface area contributed by atoms with Gasteiger partial charge in [-0.1, -0.05) is 70.1 Å². The highest BCUT2D eigenvalue weighted by molar-refractivity contribution is 5.74. The van der Waals surface area contributed by atoms with Gasteiger partial charge in [-0.15, -0.1) is 0 Å². The van der Waals surface area contributed by atoms with Crippen LogP contribution in [0.2, 0.25) is 0 Å². The zero-order valence-electron chi connectivity index (χ0n) is 16.0. The van der Waals surface area contributed by atoms with E-state index in [1.807, 2.05) is 6.08 Å². The third kappa shape index (κ3) is 13.1. The molecule has 0 bridgehead atoms. The van der Waals surface area contributed by atoms with E-state index in [1.54, 1.807) is 0 Å². The van der Waals surface area contributed by atoms with Crippen LogP contribution in [-0.2, 0) is 9.53 Å². The minimum Gasteiger partial charge on any atom is -0.595 e. The normalized spacial score (nSPS) is 14.8. The van der Waals surface area contributed by atoms with E-state index in [1.165, 1.54) is 71.6 Å². The maximum Gasteiger partial charge on any atom is 0.336 e. The van der Waals surface area contributed by atoms with Crippen LogP contribution in [0.4, 0.5) is 0 Å². The van der Waals surface area contributed by atoms with Crippen LogP contribution in [0.25, 0.3) is 0 Å². The number of azo groups is 1. The number of carbonyl (C=O) groups excluding carboxylic acids is 1. The number of esters is 1. The molecule has 2 atom stereocenters. The summed E-state index contributed by atoms with van der Waals surface area (Å²) in [4.78, 5) is 11.6. The molecule has 0 radical (unpaired) electrons. The van der Waals surface area contributed by atoms with Gasteiger partial charge >= 0.3 is 5.97 Å². The van der Waals surface area contributed by atoms with Crippen LogP contribution in [0.1, 0.15) is 85.0 Å². The smallest absolute Gasteiger partial charge is 0.336 e. The molecular weight excluding hydrogens is 304 g/mol. The summed E-state index contributed by atoms with van der Waals surface area (Å²) >= 11 is 0. The molecule has 5 nitrogen and oxygen atoms in total.